The summed E-state index contributed by atoms with van der Waals surface area (Å²) in [4.78, 5) is 2.18. The van der Waals surface area contributed by atoms with Crippen molar-refractivity contribution in [3.05, 3.63) is 0 Å². The van der Waals surface area contributed by atoms with E-state index in [1.807, 2.05) is 6.92 Å². The van der Waals surface area contributed by atoms with Crippen molar-refractivity contribution in [1.29, 1.82) is 5.26 Å². The van der Waals surface area contributed by atoms with Crippen molar-refractivity contribution in [2.75, 3.05) is 26.3 Å². The molecule has 1 aliphatic rings. The Bertz CT molecular complexity index is 147. The normalized spacial score (nSPS) is 22.5. The summed E-state index contributed by atoms with van der Waals surface area (Å²) in [5.74, 6) is 0. The van der Waals surface area contributed by atoms with Crippen LogP contribution in [0.4, 0.5) is 0 Å². The lowest BCUT2D eigenvalue weighted by atomic mass is 10.2. The zero-order valence-electron chi connectivity index (χ0n) is 6.92. The third-order valence-electron chi connectivity index (χ3n) is 2.02. The van der Waals surface area contributed by atoms with Gasteiger partial charge in [0.15, 0.2) is 0 Å². The van der Waals surface area contributed by atoms with Crippen LogP contribution in [0.2, 0.25) is 0 Å². The smallest absolute Gasteiger partial charge is 0.0976 e. The molecular weight excluding hydrogens is 140 g/mol. The van der Waals surface area contributed by atoms with Crippen molar-refractivity contribution in [3.63, 3.8) is 0 Å². The summed E-state index contributed by atoms with van der Waals surface area (Å²) >= 11 is 0. The van der Waals surface area contributed by atoms with E-state index < -0.39 is 0 Å². The van der Waals surface area contributed by atoms with Gasteiger partial charge in [-0.05, 0) is 6.42 Å². The lowest BCUT2D eigenvalue weighted by molar-refractivity contribution is 0.0264. The lowest BCUT2D eigenvalue weighted by Gasteiger charge is -2.29. The van der Waals surface area contributed by atoms with Crippen LogP contribution in [0.3, 0.4) is 0 Å². The molecule has 1 rings (SSSR count). The number of hydrogen-bond donors (Lipinski definition) is 0. The van der Waals surface area contributed by atoms with E-state index in [4.69, 9.17) is 10.00 Å². The lowest BCUT2D eigenvalue weighted by Crippen LogP contribution is -2.42. The van der Waals surface area contributed by atoms with Crippen LogP contribution in [0, 0.1) is 11.3 Å². The second-order valence-corrected chi connectivity index (χ2v) is 2.70. The summed E-state index contributed by atoms with van der Waals surface area (Å²) in [6.45, 7) is 5.41. The zero-order valence-corrected chi connectivity index (χ0v) is 6.92. The molecule has 1 fully saturated rings. The number of nitrogens with zero attached hydrogens (tertiary/aromatic N) is 2. The van der Waals surface area contributed by atoms with Gasteiger partial charge in [-0.15, -0.1) is 0 Å². The van der Waals surface area contributed by atoms with Crippen LogP contribution >= 0.6 is 0 Å². The molecule has 0 amide bonds. The summed E-state index contributed by atoms with van der Waals surface area (Å²) < 4.78 is 5.19. The van der Waals surface area contributed by atoms with Gasteiger partial charge in [-0.1, -0.05) is 6.92 Å². The van der Waals surface area contributed by atoms with Crippen molar-refractivity contribution in [3.8, 4) is 6.07 Å². The van der Waals surface area contributed by atoms with E-state index in [0.717, 1.165) is 32.7 Å². The zero-order chi connectivity index (χ0) is 8.10. The first-order valence-corrected chi connectivity index (χ1v) is 4.10. The highest BCUT2D eigenvalue weighted by Gasteiger charge is 2.17. The maximum Gasteiger partial charge on any atom is 0.0976 e. The second kappa shape index (κ2) is 4.32. The summed E-state index contributed by atoms with van der Waals surface area (Å²) in [5, 5.41) is 8.75. The quantitative estimate of drug-likeness (QED) is 0.585. The van der Waals surface area contributed by atoms with Crippen molar-refractivity contribution in [2.24, 2.45) is 0 Å². The van der Waals surface area contributed by atoms with E-state index in [1.54, 1.807) is 0 Å². The van der Waals surface area contributed by atoms with Gasteiger partial charge in [0.25, 0.3) is 0 Å². The largest absolute Gasteiger partial charge is 0.379 e. The molecule has 1 aliphatic heterocycles. The van der Waals surface area contributed by atoms with Crippen LogP contribution in [0.5, 0.6) is 0 Å². The summed E-state index contributed by atoms with van der Waals surface area (Å²) in [6.07, 6.45) is 0.913. The Kier molecular flexibility index (Phi) is 3.34. The highest BCUT2D eigenvalue weighted by molar-refractivity contribution is 4.91. The Morgan fingerprint density at radius 3 is 2.64 bits per heavy atom. The molecule has 0 spiro atoms. The molecule has 3 heteroatoms. The molecule has 1 saturated heterocycles. The van der Waals surface area contributed by atoms with Gasteiger partial charge in [0, 0.05) is 13.1 Å². The van der Waals surface area contributed by atoms with Crippen molar-refractivity contribution >= 4 is 0 Å². The minimum atomic E-state index is 0.0962. The van der Waals surface area contributed by atoms with Gasteiger partial charge in [0.2, 0.25) is 0 Å². The Balaban J connectivity index is 2.38. The molecule has 3 nitrogen and oxygen atoms in total. The molecule has 0 radical (unpaired) electrons. The van der Waals surface area contributed by atoms with Crippen LogP contribution in [-0.2, 0) is 4.74 Å². The molecular formula is C8H14N2O. The summed E-state index contributed by atoms with van der Waals surface area (Å²) in [7, 11) is 0. The third kappa shape index (κ3) is 2.18. The number of rotatable bonds is 2. The van der Waals surface area contributed by atoms with Crippen LogP contribution in [0.15, 0.2) is 0 Å². The fourth-order valence-electron chi connectivity index (χ4n) is 1.32. The molecule has 0 saturated carbocycles. The van der Waals surface area contributed by atoms with Crippen molar-refractivity contribution in [2.45, 2.75) is 19.4 Å². The first-order valence-electron chi connectivity index (χ1n) is 4.10. The van der Waals surface area contributed by atoms with Crippen LogP contribution in [-0.4, -0.2) is 37.2 Å². The van der Waals surface area contributed by atoms with Gasteiger partial charge in [0.1, 0.15) is 0 Å². The fourth-order valence-corrected chi connectivity index (χ4v) is 1.32. The first kappa shape index (κ1) is 8.51. The predicted octanol–water partition coefficient (Wildman–Crippen LogP) is 0.621. The van der Waals surface area contributed by atoms with Crippen LogP contribution < -0.4 is 0 Å². The van der Waals surface area contributed by atoms with Gasteiger partial charge in [-0.25, -0.2) is 0 Å². The Morgan fingerprint density at radius 1 is 1.55 bits per heavy atom. The molecule has 1 heterocycles. The molecule has 0 aromatic carbocycles. The Morgan fingerprint density at radius 2 is 2.18 bits per heavy atom. The van der Waals surface area contributed by atoms with E-state index in [0.29, 0.717) is 0 Å². The SMILES string of the molecule is CC[C@@H](C#N)N1CCOCC1. The Hall–Kier alpha value is -0.590. The number of hydrogen-bond acceptors (Lipinski definition) is 3. The molecule has 0 aromatic rings. The first-order chi connectivity index (χ1) is 5.38. The van der Waals surface area contributed by atoms with Gasteiger partial charge in [0.05, 0.1) is 25.3 Å². The molecule has 62 valence electrons. The number of morpholine rings is 1. The Labute approximate surface area is 67.6 Å². The molecule has 0 bridgehead atoms. The van der Waals surface area contributed by atoms with Crippen molar-refractivity contribution < 1.29 is 4.74 Å². The molecule has 0 aliphatic carbocycles. The van der Waals surface area contributed by atoms with E-state index in [2.05, 4.69) is 11.0 Å². The highest BCUT2D eigenvalue weighted by atomic mass is 16.5. The monoisotopic (exact) mass is 154 g/mol. The molecule has 0 aromatic heterocycles. The topological polar surface area (TPSA) is 36.3 Å². The third-order valence-corrected chi connectivity index (χ3v) is 2.02. The number of ether oxygens (including phenoxy) is 1. The maximum absolute atomic E-state index is 8.75. The van der Waals surface area contributed by atoms with Gasteiger partial charge < -0.3 is 4.74 Å². The second-order valence-electron chi connectivity index (χ2n) is 2.70. The average molecular weight is 154 g/mol. The predicted molar refractivity (Wildman–Crippen MR) is 42.1 cm³/mol. The van der Waals surface area contributed by atoms with Crippen molar-refractivity contribution in [1.82, 2.24) is 4.90 Å². The highest BCUT2D eigenvalue weighted by Crippen LogP contribution is 2.05. The fraction of sp³-hybridized carbons (Fsp3) is 0.875. The minimum Gasteiger partial charge on any atom is -0.379 e. The number of nitriles is 1. The van der Waals surface area contributed by atoms with E-state index in [9.17, 15) is 0 Å². The average Bonchev–Trinajstić information content (AvgIpc) is 2.09. The van der Waals surface area contributed by atoms with E-state index in [-0.39, 0.29) is 6.04 Å². The molecule has 0 N–H and O–H groups in total. The van der Waals surface area contributed by atoms with Gasteiger partial charge >= 0.3 is 0 Å². The van der Waals surface area contributed by atoms with Gasteiger partial charge in [-0.3, -0.25) is 4.90 Å². The minimum absolute atomic E-state index is 0.0962. The van der Waals surface area contributed by atoms with Gasteiger partial charge in [-0.2, -0.15) is 5.26 Å². The molecule has 11 heavy (non-hydrogen) atoms. The molecule has 1 atom stereocenters. The van der Waals surface area contributed by atoms with Crippen LogP contribution in [0.25, 0.3) is 0 Å². The van der Waals surface area contributed by atoms with E-state index >= 15 is 0 Å². The summed E-state index contributed by atoms with van der Waals surface area (Å²) in [5.41, 5.74) is 0. The standard InChI is InChI=1S/C8H14N2O/c1-2-8(7-9)10-3-5-11-6-4-10/h8H,2-6H2,1H3/t8-/m0/s1. The maximum atomic E-state index is 8.75. The molecule has 0 unspecified atom stereocenters. The van der Waals surface area contributed by atoms with E-state index in [1.165, 1.54) is 0 Å². The van der Waals surface area contributed by atoms with Crippen LogP contribution in [0.1, 0.15) is 13.3 Å². The summed E-state index contributed by atoms with van der Waals surface area (Å²) in [6, 6.07) is 2.39.